The van der Waals surface area contributed by atoms with Crippen molar-refractivity contribution in [1.82, 2.24) is 14.8 Å². The van der Waals surface area contributed by atoms with Crippen molar-refractivity contribution in [3.05, 3.63) is 44.8 Å². The average Bonchev–Trinajstić information content (AvgIpc) is 2.57. The Morgan fingerprint density at radius 1 is 1.56 bits per heavy atom. The Morgan fingerprint density at radius 3 is 3.00 bits per heavy atom. The summed E-state index contributed by atoms with van der Waals surface area (Å²) in [4.78, 5) is 11.1. The van der Waals surface area contributed by atoms with E-state index in [2.05, 4.69) is 32.2 Å². The van der Waals surface area contributed by atoms with Crippen molar-refractivity contribution in [3.63, 3.8) is 0 Å². The maximum atomic E-state index is 11.1. The molecule has 2 rings (SSSR count). The highest BCUT2D eigenvalue weighted by Crippen LogP contribution is 2.21. The number of halogens is 1. The lowest BCUT2D eigenvalue weighted by atomic mass is 10.2. The van der Waals surface area contributed by atoms with Crippen LogP contribution in [0.1, 0.15) is 5.56 Å². The van der Waals surface area contributed by atoms with Gasteiger partial charge in [-0.25, -0.2) is 9.89 Å². The van der Waals surface area contributed by atoms with Crippen LogP contribution in [0.25, 0.3) is 0 Å². The lowest BCUT2D eigenvalue weighted by Crippen LogP contribution is -2.12. The molecule has 1 N–H and O–H groups in total. The molecule has 2 aromatic rings. The molecule has 1 heterocycles. The largest absolute Gasteiger partial charge is 0.343 e. The fourth-order valence-corrected chi connectivity index (χ4v) is 2.54. The van der Waals surface area contributed by atoms with Crippen molar-refractivity contribution >= 4 is 27.7 Å². The summed E-state index contributed by atoms with van der Waals surface area (Å²) in [6.45, 7) is 0. The summed E-state index contributed by atoms with van der Waals surface area (Å²) in [6, 6.07) is 8.07. The number of thioether (sulfide) groups is 1. The fourth-order valence-electron chi connectivity index (χ4n) is 1.24. The number of nitrogens with zero attached hydrogens (tertiary/aromatic N) is 2. The maximum Gasteiger partial charge on any atom is 0.343 e. The van der Waals surface area contributed by atoms with Gasteiger partial charge in [0.2, 0.25) is 0 Å². The Bertz CT molecular complexity index is 549. The second-order valence-electron chi connectivity index (χ2n) is 3.29. The molecule has 0 aliphatic heterocycles. The van der Waals surface area contributed by atoms with Gasteiger partial charge in [-0.1, -0.05) is 39.8 Å². The van der Waals surface area contributed by atoms with Crippen LogP contribution in [-0.4, -0.2) is 14.8 Å². The van der Waals surface area contributed by atoms with Crippen LogP contribution in [0, 0.1) is 0 Å². The highest BCUT2D eigenvalue weighted by molar-refractivity contribution is 9.10. The predicted molar refractivity (Wildman–Crippen MR) is 67.5 cm³/mol. The smallest absolute Gasteiger partial charge is 0.273 e. The van der Waals surface area contributed by atoms with Gasteiger partial charge in [-0.15, -0.1) is 5.10 Å². The third-order valence-electron chi connectivity index (χ3n) is 2.10. The summed E-state index contributed by atoms with van der Waals surface area (Å²) >= 11 is 4.95. The van der Waals surface area contributed by atoms with E-state index in [1.54, 1.807) is 7.05 Å². The molecule has 16 heavy (non-hydrogen) atoms. The van der Waals surface area contributed by atoms with E-state index in [-0.39, 0.29) is 5.69 Å². The number of rotatable bonds is 3. The fraction of sp³-hybridized carbons (Fsp3) is 0.200. The number of aromatic nitrogens is 3. The molecule has 1 aromatic carbocycles. The van der Waals surface area contributed by atoms with Crippen molar-refractivity contribution in [2.24, 2.45) is 7.05 Å². The summed E-state index contributed by atoms with van der Waals surface area (Å²) in [5.41, 5.74) is 1.01. The molecule has 84 valence electrons. The molecule has 6 heteroatoms. The minimum atomic E-state index is -0.184. The van der Waals surface area contributed by atoms with Gasteiger partial charge >= 0.3 is 5.69 Å². The van der Waals surface area contributed by atoms with Crippen LogP contribution >= 0.6 is 27.7 Å². The molecule has 0 saturated carbocycles. The van der Waals surface area contributed by atoms with Gasteiger partial charge in [-0.05, 0) is 17.7 Å². The lowest BCUT2D eigenvalue weighted by Gasteiger charge is -2.01. The Hall–Kier alpha value is -1.01. The summed E-state index contributed by atoms with van der Waals surface area (Å²) < 4.78 is 2.56. The summed E-state index contributed by atoms with van der Waals surface area (Å²) in [7, 11) is 1.70. The SMILES string of the molecule is Cn1c(SCc2cccc(Br)c2)n[nH]c1=O. The van der Waals surface area contributed by atoms with Crippen molar-refractivity contribution in [3.8, 4) is 0 Å². The molecular formula is C10H10BrN3OS. The van der Waals surface area contributed by atoms with E-state index in [1.807, 2.05) is 18.2 Å². The minimum absolute atomic E-state index is 0.184. The van der Waals surface area contributed by atoms with E-state index in [4.69, 9.17) is 0 Å². The average molecular weight is 300 g/mol. The number of nitrogens with one attached hydrogen (secondary N) is 1. The van der Waals surface area contributed by atoms with E-state index in [0.29, 0.717) is 5.16 Å². The molecule has 0 unspecified atom stereocenters. The molecule has 0 atom stereocenters. The van der Waals surface area contributed by atoms with Crippen molar-refractivity contribution in [2.75, 3.05) is 0 Å². The standard InChI is InChI=1S/C10H10BrN3OS/c1-14-9(15)12-13-10(14)16-6-7-3-2-4-8(11)5-7/h2-5H,6H2,1H3,(H,12,15). The van der Waals surface area contributed by atoms with Crippen LogP contribution in [-0.2, 0) is 12.8 Å². The number of H-pyrrole nitrogens is 1. The zero-order valence-electron chi connectivity index (χ0n) is 8.61. The van der Waals surface area contributed by atoms with E-state index < -0.39 is 0 Å². The van der Waals surface area contributed by atoms with Gasteiger partial charge in [0.05, 0.1) is 0 Å². The molecule has 1 aromatic heterocycles. The molecule has 0 fully saturated rings. The Balaban J connectivity index is 2.08. The first-order chi connectivity index (χ1) is 7.66. The van der Waals surface area contributed by atoms with Crippen molar-refractivity contribution in [2.45, 2.75) is 10.9 Å². The predicted octanol–water partition coefficient (Wildman–Crippen LogP) is 2.16. The van der Waals surface area contributed by atoms with Crippen LogP contribution in [0.15, 0.2) is 38.7 Å². The Labute approximate surface area is 105 Å². The summed E-state index contributed by atoms with van der Waals surface area (Å²) in [5.74, 6) is 0.789. The van der Waals surface area contributed by atoms with Crippen LogP contribution in [0.2, 0.25) is 0 Å². The summed E-state index contributed by atoms with van der Waals surface area (Å²) in [5, 5.41) is 7.04. The molecule has 4 nitrogen and oxygen atoms in total. The summed E-state index contributed by atoms with van der Waals surface area (Å²) in [6.07, 6.45) is 0. The maximum absolute atomic E-state index is 11.1. The highest BCUT2D eigenvalue weighted by atomic mass is 79.9. The van der Waals surface area contributed by atoms with Gasteiger partial charge in [-0.3, -0.25) is 4.57 Å². The first-order valence-corrected chi connectivity index (χ1v) is 6.43. The molecule has 0 saturated heterocycles. The third-order valence-corrected chi connectivity index (χ3v) is 3.69. The zero-order chi connectivity index (χ0) is 11.5. The minimum Gasteiger partial charge on any atom is -0.273 e. The quantitative estimate of drug-likeness (QED) is 0.884. The number of benzene rings is 1. The molecule has 0 spiro atoms. The molecule has 0 radical (unpaired) electrons. The van der Waals surface area contributed by atoms with E-state index in [1.165, 1.54) is 21.9 Å². The highest BCUT2D eigenvalue weighted by Gasteiger charge is 2.04. The van der Waals surface area contributed by atoms with Gasteiger partial charge in [0.25, 0.3) is 0 Å². The first-order valence-electron chi connectivity index (χ1n) is 4.65. The van der Waals surface area contributed by atoms with Gasteiger partial charge in [0, 0.05) is 17.3 Å². The van der Waals surface area contributed by atoms with Crippen LogP contribution < -0.4 is 5.69 Å². The monoisotopic (exact) mass is 299 g/mol. The topological polar surface area (TPSA) is 50.7 Å². The second kappa shape index (κ2) is 4.88. The number of hydrogen-bond acceptors (Lipinski definition) is 3. The van der Waals surface area contributed by atoms with E-state index in [0.717, 1.165) is 10.2 Å². The Morgan fingerprint density at radius 2 is 2.38 bits per heavy atom. The van der Waals surface area contributed by atoms with E-state index in [9.17, 15) is 4.79 Å². The van der Waals surface area contributed by atoms with Gasteiger partial charge in [-0.2, -0.15) is 0 Å². The van der Waals surface area contributed by atoms with Crippen LogP contribution in [0.3, 0.4) is 0 Å². The van der Waals surface area contributed by atoms with Crippen LogP contribution in [0.4, 0.5) is 0 Å². The molecule has 0 aliphatic rings. The molecule has 0 bridgehead atoms. The number of aromatic amines is 1. The van der Waals surface area contributed by atoms with Gasteiger partial charge < -0.3 is 0 Å². The van der Waals surface area contributed by atoms with Crippen LogP contribution in [0.5, 0.6) is 0 Å². The van der Waals surface area contributed by atoms with Gasteiger partial charge in [0.1, 0.15) is 0 Å². The molecular weight excluding hydrogens is 290 g/mol. The molecule has 0 amide bonds. The van der Waals surface area contributed by atoms with E-state index >= 15 is 0 Å². The first kappa shape index (κ1) is 11.5. The lowest BCUT2D eigenvalue weighted by molar-refractivity contribution is 0.766. The normalized spacial score (nSPS) is 10.6. The molecule has 0 aliphatic carbocycles. The third kappa shape index (κ3) is 2.56. The van der Waals surface area contributed by atoms with Crippen molar-refractivity contribution < 1.29 is 0 Å². The van der Waals surface area contributed by atoms with Gasteiger partial charge in [0.15, 0.2) is 5.16 Å². The zero-order valence-corrected chi connectivity index (χ0v) is 11.0. The number of hydrogen-bond donors (Lipinski definition) is 1. The Kier molecular flexibility index (Phi) is 3.50. The van der Waals surface area contributed by atoms with Crippen molar-refractivity contribution in [1.29, 1.82) is 0 Å². The second-order valence-corrected chi connectivity index (χ2v) is 5.15.